The van der Waals surface area contributed by atoms with Crippen molar-refractivity contribution in [2.75, 3.05) is 7.11 Å². The van der Waals surface area contributed by atoms with Gasteiger partial charge in [0.1, 0.15) is 11.9 Å². The fourth-order valence-electron chi connectivity index (χ4n) is 2.55. The van der Waals surface area contributed by atoms with E-state index in [0.29, 0.717) is 18.6 Å². The smallest absolute Gasteiger partial charge is 0.328 e. The lowest BCUT2D eigenvalue weighted by Gasteiger charge is -2.22. The Balaban J connectivity index is 1.91. The van der Waals surface area contributed by atoms with E-state index in [1.165, 1.54) is 19.2 Å². The van der Waals surface area contributed by atoms with Crippen LogP contribution in [0.3, 0.4) is 0 Å². The second-order valence-electron chi connectivity index (χ2n) is 6.15. The average molecular weight is 350 g/mol. The van der Waals surface area contributed by atoms with Crippen LogP contribution in [-0.4, -0.2) is 36.8 Å². The number of oxime groups is 1. The van der Waals surface area contributed by atoms with Gasteiger partial charge >= 0.3 is 5.97 Å². The topological polar surface area (TPSA) is 77.0 Å². The normalized spacial score (nSPS) is 18.7. The van der Waals surface area contributed by atoms with E-state index in [1.54, 1.807) is 12.1 Å². The lowest BCUT2D eigenvalue weighted by Crippen LogP contribution is -2.49. The van der Waals surface area contributed by atoms with Gasteiger partial charge in [-0.05, 0) is 23.6 Å². The van der Waals surface area contributed by atoms with Crippen LogP contribution in [0.25, 0.3) is 0 Å². The molecule has 0 unspecified atom stereocenters. The highest BCUT2D eigenvalue weighted by Gasteiger charge is 2.33. The summed E-state index contributed by atoms with van der Waals surface area (Å²) < 4.78 is 17.7. The zero-order chi connectivity index (χ0) is 18.4. The Morgan fingerprint density at radius 2 is 2.08 bits per heavy atom. The largest absolute Gasteiger partial charge is 0.467 e. The van der Waals surface area contributed by atoms with Gasteiger partial charge in [-0.1, -0.05) is 37.6 Å². The molecule has 1 aromatic rings. The van der Waals surface area contributed by atoms with Crippen LogP contribution >= 0.6 is 0 Å². The van der Waals surface area contributed by atoms with Crippen molar-refractivity contribution in [1.82, 2.24) is 5.32 Å². The van der Waals surface area contributed by atoms with E-state index in [0.717, 1.165) is 12.0 Å². The number of benzene rings is 1. The van der Waals surface area contributed by atoms with E-state index in [2.05, 4.69) is 10.5 Å². The second kappa shape index (κ2) is 8.60. The Labute approximate surface area is 146 Å². The van der Waals surface area contributed by atoms with Gasteiger partial charge in [-0.2, -0.15) is 0 Å². The standard InChI is InChI=1S/C18H23FN2O4/c1-4-11(2)16(18(23)24-3)20-17(22)15-10-14(21-25-15)9-12-5-7-13(19)8-6-12/h5-8,11,15-16H,4,9-10H2,1-3H3,(H,20,22)/t11-,15+,16-/m0/s1. The van der Waals surface area contributed by atoms with Crippen LogP contribution in [-0.2, 0) is 25.6 Å². The predicted molar refractivity (Wildman–Crippen MR) is 90.4 cm³/mol. The molecular formula is C18H23FN2O4. The molecule has 0 spiro atoms. The van der Waals surface area contributed by atoms with Crippen LogP contribution < -0.4 is 5.32 Å². The molecule has 1 N–H and O–H groups in total. The maximum absolute atomic E-state index is 12.9. The Bertz CT molecular complexity index is 645. The van der Waals surface area contributed by atoms with E-state index in [1.807, 2.05) is 13.8 Å². The first-order valence-electron chi connectivity index (χ1n) is 8.28. The molecule has 0 aromatic heterocycles. The van der Waals surface area contributed by atoms with Crippen molar-refractivity contribution in [3.05, 3.63) is 35.6 Å². The van der Waals surface area contributed by atoms with Gasteiger partial charge < -0.3 is 14.9 Å². The van der Waals surface area contributed by atoms with Crippen molar-refractivity contribution < 1.29 is 23.6 Å². The number of hydrogen-bond acceptors (Lipinski definition) is 5. The summed E-state index contributed by atoms with van der Waals surface area (Å²) in [6, 6.07) is 5.38. The zero-order valence-corrected chi connectivity index (χ0v) is 14.6. The molecule has 0 bridgehead atoms. The minimum atomic E-state index is -0.772. The number of ether oxygens (including phenoxy) is 1. The van der Waals surface area contributed by atoms with Crippen LogP contribution in [0.5, 0.6) is 0 Å². The molecule has 3 atom stereocenters. The first kappa shape index (κ1) is 18.9. The molecule has 1 heterocycles. The zero-order valence-electron chi connectivity index (χ0n) is 14.6. The molecular weight excluding hydrogens is 327 g/mol. The number of nitrogens with one attached hydrogen (secondary N) is 1. The summed E-state index contributed by atoms with van der Waals surface area (Å²) in [5, 5.41) is 6.63. The quantitative estimate of drug-likeness (QED) is 0.765. The number of nitrogens with zero attached hydrogens (tertiary/aromatic N) is 1. The fraction of sp³-hybridized carbons (Fsp3) is 0.500. The molecule has 0 aliphatic carbocycles. The van der Waals surface area contributed by atoms with Gasteiger partial charge in [-0.25, -0.2) is 9.18 Å². The van der Waals surface area contributed by atoms with E-state index in [4.69, 9.17) is 9.57 Å². The van der Waals surface area contributed by atoms with Gasteiger partial charge in [0, 0.05) is 12.8 Å². The Morgan fingerprint density at radius 3 is 2.68 bits per heavy atom. The van der Waals surface area contributed by atoms with Gasteiger partial charge in [0.2, 0.25) is 6.10 Å². The summed E-state index contributed by atoms with van der Waals surface area (Å²) in [6.45, 7) is 3.80. The Hall–Kier alpha value is -2.44. The van der Waals surface area contributed by atoms with Crippen molar-refractivity contribution in [2.45, 2.75) is 45.3 Å². The highest BCUT2D eigenvalue weighted by atomic mass is 19.1. The third-order valence-corrected chi connectivity index (χ3v) is 4.31. The molecule has 0 radical (unpaired) electrons. The van der Waals surface area contributed by atoms with Crippen molar-refractivity contribution >= 4 is 17.6 Å². The minimum absolute atomic E-state index is 0.0580. The van der Waals surface area contributed by atoms with Crippen molar-refractivity contribution in [1.29, 1.82) is 0 Å². The first-order valence-corrected chi connectivity index (χ1v) is 8.28. The van der Waals surface area contributed by atoms with Gasteiger partial charge in [0.05, 0.1) is 12.8 Å². The van der Waals surface area contributed by atoms with Crippen LogP contribution in [0.1, 0.15) is 32.3 Å². The second-order valence-corrected chi connectivity index (χ2v) is 6.15. The molecule has 1 aliphatic heterocycles. The Morgan fingerprint density at radius 1 is 1.40 bits per heavy atom. The summed E-state index contributed by atoms with van der Waals surface area (Å²) in [4.78, 5) is 29.4. The summed E-state index contributed by atoms with van der Waals surface area (Å²) in [5.74, 6) is -1.23. The fourth-order valence-corrected chi connectivity index (χ4v) is 2.55. The first-order chi connectivity index (χ1) is 11.9. The third kappa shape index (κ3) is 5.01. The van der Waals surface area contributed by atoms with E-state index in [-0.39, 0.29) is 11.7 Å². The van der Waals surface area contributed by atoms with E-state index < -0.39 is 24.0 Å². The van der Waals surface area contributed by atoms with E-state index >= 15 is 0 Å². The summed E-state index contributed by atoms with van der Waals surface area (Å²) in [7, 11) is 1.29. The van der Waals surface area contributed by atoms with Crippen molar-refractivity contribution in [3.63, 3.8) is 0 Å². The Kier molecular flexibility index (Phi) is 6.50. The summed E-state index contributed by atoms with van der Waals surface area (Å²) in [5.41, 5.74) is 1.58. The van der Waals surface area contributed by atoms with Gasteiger partial charge in [0.15, 0.2) is 0 Å². The van der Waals surface area contributed by atoms with Crippen molar-refractivity contribution in [2.24, 2.45) is 11.1 Å². The number of hydrogen-bond donors (Lipinski definition) is 1. The monoisotopic (exact) mass is 350 g/mol. The molecule has 7 heteroatoms. The SMILES string of the molecule is CC[C@H](C)[C@H](NC(=O)[C@H]1CC(Cc2ccc(F)cc2)=NO1)C(=O)OC. The molecule has 1 amide bonds. The highest BCUT2D eigenvalue weighted by Crippen LogP contribution is 2.17. The molecule has 6 nitrogen and oxygen atoms in total. The molecule has 0 saturated heterocycles. The van der Waals surface area contributed by atoms with Gasteiger partial charge in [0.25, 0.3) is 5.91 Å². The maximum Gasteiger partial charge on any atom is 0.328 e. The molecule has 25 heavy (non-hydrogen) atoms. The molecule has 0 fully saturated rings. The number of halogens is 1. The van der Waals surface area contributed by atoms with Crippen LogP contribution in [0.15, 0.2) is 29.4 Å². The molecule has 1 aromatic carbocycles. The molecule has 136 valence electrons. The van der Waals surface area contributed by atoms with Crippen LogP contribution in [0, 0.1) is 11.7 Å². The summed E-state index contributed by atoms with van der Waals surface area (Å²) >= 11 is 0. The average Bonchev–Trinajstić information content (AvgIpc) is 3.08. The predicted octanol–water partition coefficient (Wildman–Crippen LogP) is 2.22. The molecule has 0 saturated carbocycles. The number of esters is 1. The minimum Gasteiger partial charge on any atom is -0.467 e. The molecule has 2 rings (SSSR count). The number of carbonyl (C=O) groups is 2. The maximum atomic E-state index is 12.9. The van der Waals surface area contributed by atoms with Gasteiger partial charge in [-0.3, -0.25) is 4.79 Å². The van der Waals surface area contributed by atoms with Crippen LogP contribution in [0.4, 0.5) is 4.39 Å². The van der Waals surface area contributed by atoms with Crippen LogP contribution in [0.2, 0.25) is 0 Å². The number of carbonyl (C=O) groups excluding carboxylic acids is 2. The van der Waals surface area contributed by atoms with Gasteiger partial charge in [-0.15, -0.1) is 0 Å². The number of methoxy groups -OCH3 is 1. The lowest BCUT2D eigenvalue weighted by molar-refractivity contribution is -0.148. The molecule has 1 aliphatic rings. The number of amides is 1. The highest BCUT2D eigenvalue weighted by molar-refractivity contribution is 5.95. The van der Waals surface area contributed by atoms with E-state index in [9.17, 15) is 14.0 Å². The number of rotatable bonds is 7. The van der Waals surface area contributed by atoms with Crippen molar-refractivity contribution in [3.8, 4) is 0 Å². The summed E-state index contributed by atoms with van der Waals surface area (Å²) in [6.07, 6.45) is 0.761. The third-order valence-electron chi connectivity index (χ3n) is 4.31. The lowest BCUT2D eigenvalue weighted by atomic mass is 9.98.